The van der Waals surface area contributed by atoms with Crippen LogP contribution in [0.1, 0.15) is 19.3 Å². The minimum Gasteiger partial charge on any atom is -0.481 e. The fourth-order valence-corrected chi connectivity index (χ4v) is 3.54. The van der Waals surface area contributed by atoms with Crippen molar-refractivity contribution in [3.8, 4) is 0 Å². The van der Waals surface area contributed by atoms with E-state index in [4.69, 9.17) is 5.11 Å². The molecule has 0 aromatic heterocycles. The highest BCUT2D eigenvalue weighted by atomic mass is 32.2. The molecule has 0 aliphatic heterocycles. The molecule has 0 spiro atoms. The molecule has 0 heterocycles. The highest BCUT2D eigenvalue weighted by molar-refractivity contribution is 7.99. The van der Waals surface area contributed by atoms with E-state index in [1.807, 2.05) is 6.07 Å². The van der Waals surface area contributed by atoms with Crippen LogP contribution in [-0.4, -0.2) is 29.9 Å². The van der Waals surface area contributed by atoms with Crippen molar-refractivity contribution in [2.24, 2.45) is 11.8 Å². The van der Waals surface area contributed by atoms with Gasteiger partial charge in [-0.1, -0.05) is 18.6 Å². The molecule has 2 N–H and O–H groups in total. The van der Waals surface area contributed by atoms with Gasteiger partial charge in [0.25, 0.3) is 0 Å². The van der Waals surface area contributed by atoms with Gasteiger partial charge in [-0.05, 0) is 37.4 Å². The molecule has 0 saturated heterocycles. The number of hydrogen-bond donors (Lipinski definition) is 2. The third-order valence-corrected chi connectivity index (χ3v) is 4.81. The minimum atomic E-state index is -0.671. The second-order valence-corrected chi connectivity index (χ2v) is 6.26. The molecule has 1 aliphatic rings. The molecule has 1 fully saturated rings. The first-order valence-electron chi connectivity index (χ1n) is 6.99. The lowest BCUT2D eigenvalue weighted by Gasteiger charge is -2.16. The molecule has 1 aromatic rings. The van der Waals surface area contributed by atoms with Gasteiger partial charge in [0.15, 0.2) is 0 Å². The second kappa shape index (κ2) is 7.64. The van der Waals surface area contributed by atoms with Crippen LogP contribution in [0.5, 0.6) is 0 Å². The van der Waals surface area contributed by atoms with Gasteiger partial charge < -0.3 is 10.4 Å². The Bertz CT molecular complexity index is 455. The highest BCUT2D eigenvalue weighted by Crippen LogP contribution is 2.31. The summed E-state index contributed by atoms with van der Waals surface area (Å²) in [5, 5.41) is 12.4. The number of rotatable bonds is 7. The first kappa shape index (κ1) is 15.3. The van der Waals surface area contributed by atoms with Crippen molar-refractivity contribution >= 4 is 17.7 Å². The maximum atomic E-state index is 13.4. The van der Waals surface area contributed by atoms with Gasteiger partial charge in [0.05, 0.1) is 5.92 Å². The Hall–Kier alpha value is -1.07. The molecule has 2 atom stereocenters. The summed E-state index contributed by atoms with van der Waals surface area (Å²) in [6.07, 6.45) is 2.80. The van der Waals surface area contributed by atoms with Crippen LogP contribution in [0.2, 0.25) is 0 Å². The van der Waals surface area contributed by atoms with Crippen molar-refractivity contribution in [2.45, 2.75) is 24.2 Å². The van der Waals surface area contributed by atoms with E-state index in [2.05, 4.69) is 5.32 Å². The number of nitrogens with one attached hydrogen (secondary N) is 1. The van der Waals surface area contributed by atoms with Gasteiger partial charge in [-0.15, -0.1) is 11.8 Å². The van der Waals surface area contributed by atoms with E-state index < -0.39 is 5.97 Å². The summed E-state index contributed by atoms with van der Waals surface area (Å²) < 4.78 is 13.4. The van der Waals surface area contributed by atoms with E-state index >= 15 is 0 Å². The molecule has 20 heavy (non-hydrogen) atoms. The van der Waals surface area contributed by atoms with Crippen LogP contribution in [0.3, 0.4) is 0 Å². The first-order chi connectivity index (χ1) is 9.68. The number of carboxylic acid groups (broad SMARTS) is 1. The van der Waals surface area contributed by atoms with Crippen LogP contribution in [0, 0.1) is 17.7 Å². The highest BCUT2D eigenvalue weighted by Gasteiger charge is 2.32. The molecule has 2 rings (SSSR count). The monoisotopic (exact) mass is 297 g/mol. The van der Waals surface area contributed by atoms with Crippen LogP contribution >= 0.6 is 11.8 Å². The molecule has 0 radical (unpaired) electrons. The fourth-order valence-electron chi connectivity index (χ4n) is 2.69. The summed E-state index contributed by atoms with van der Waals surface area (Å²) in [7, 11) is 0. The van der Waals surface area contributed by atoms with Gasteiger partial charge in [-0.3, -0.25) is 4.79 Å². The van der Waals surface area contributed by atoms with Gasteiger partial charge in [-0.25, -0.2) is 4.39 Å². The average molecular weight is 297 g/mol. The minimum absolute atomic E-state index is 0.181. The quantitative estimate of drug-likeness (QED) is 0.600. The molecule has 0 bridgehead atoms. The van der Waals surface area contributed by atoms with Crippen LogP contribution in [0.4, 0.5) is 4.39 Å². The van der Waals surface area contributed by atoms with Crippen molar-refractivity contribution in [1.82, 2.24) is 5.32 Å². The SMILES string of the molecule is O=C(O)C1CCCC1CNCCSc1ccccc1F. The number of aliphatic carboxylic acids is 1. The number of carbonyl (C=O) groups is 1. The lowest BCUT2D eigenvalue weighted by molar-refractivity contribution is -0.142. The van der Waals surface area contributed by atoms with E-state index in [0.29, 0.717) is 4.90 Å². The molecule has 1 aromatic carbocycles. The number of thioether (sulfide) groups is 1. The average Bonchev–Trinajstić information content (AvgIpc) is 2.89. The summed E-state index contributed by atoms with van der Waals surface area (Å²) in [6.45, 7) is 1.51. The van der Waals surface area contributed by atoms with E-state index in [-0.39, 0.29) is 17.7 Å². The van der Waals surface area contributed by atoms with Crippen molar-refractivity contribution in [3.05, 3.63) is 30.1 Å². The molecule has 1 saturated carbocycles. The smallest absolute Gasteiger partial charge is 0.306 e. The molecule has 3 nitrogen and oxygen atoms in total. The third-order valence-electron chi connectivity index (χ3n) is 3.76. The topological polar surface area (TPSA) is 49.3 Å². The van der Waals surface area contributed by atoms with Crippen molar-refractivity contribution in [1.29, 1.82) is 0 Å². The van der Waals surface area contributed by atoms with Crippen LogP contribution < -0.4 is 5.32 Å². The van der Waals surface area contributed by atoms with Gasteiger partial charge in [0.2, 0.25) is 0 Å². The molecule has 1 aliphatic carbocycles. The largest absolute Gasteiger partial charge is 0.481 e. The number of halogens is 1. The van der Waals surface area contributed by atoms with E-state index in [1.54, 1.807) is 12.1 Å². The third kappa shape index (κ3) is 4.21. The molecular formula is C15H20FNO2S. The zero-order valence-corrected chi connectivity index (χ0v) is 12.2. The Morgan fingerprint density at radius 3 is 2.95 bits per heavy atom. The standard InChI is InChI=1S/C15H20FNO2S/c16-13-6-1-2-7-14(13)20-9-8-17-10-11-4-3-5-12(11)15(18)19/h1-2,6-7,11-12,17H,3-5,8-10H2,(H,18,19). The van der Waals surface area contributed by atoms with Crippen LogP contribution in [0.15, 0.2) is 29.2 Å². The summed E-state index contributed by atoms with van der Waals surface area (Å²) in [5.41, 5.74) is 0. The summed E-state index contributed by atoms with van der Waals surface area (Å²) in [4.78, 5) is 11.7. The van der Waals surface area contributed by atoms with Crippen LogP contribution in [-0.2, 0) is 4.79 Å². The molecule has 5 heteroatoms. The number of benzene rings is 1. The van der Waals surface area contributed by atoms with E-state index in [9.17, 15) is 9.18 Å². The Balaban J connectivity index is 1.65. The summed E-state index contributed by atoms with van der Waals surface area (Å²) in [6, 6.07) is 6.75. The fraction of sp³-hybridized carbons (Fsp3) is 0.533. The normalized spacial score (nSPS) is 22.1. The Morgan fingerprint density at radius 1 is 1.40 bits per heavy atom. The number of hydrogen-bond acceptors (Lipinski definition) is 3. The van der Waals surface area contributed by atoms with E-state index in [0.717, 1.165) is 38.1 Å². The van der Waals surface area contributed by atoms with Gasteiger partial charge in [-0.2, -0.15) is 0 Å². The molecular weight excluding hydrogens is 277 g/mol. The van der Waals surface area contributed by atoms with Crippen LogP contribution in [0.25, 0.3) is 0 Å². The Labute approximate surface area is 123 Å². The zero-order valence-electron chi connectivity index (χ0n) is 11.3. The lowest BCUT2D eigenvalue weighted by atomic mass is 9.96. The van der Waals surface area contributed by atoms with E-state index in [1.165, 1.54) is 17.8 Å². The predicted molar refractivity (Wildman–Crippen MR) is 78.5 cm³/mol. The summed E-state index contributed by atoms with van der Waals surface area (Å²) in [5.74, 6) is -0.0206. The van der Waals surface area contributed by atoms with Crippen molar-refractivity contribution < 1.29 is 14.3 Å². The van der Waals surface area contributed by atoms with Crippen molar-refractivity contribution in [3.63, 3.8) is 0 Å². The maximum Gasteiger partial charge on any atom is 0.306 e. The Kier molecular flexibility index (Phi) is 5.86. The van der Waals surface area contributed by atoms with Crippen molar-refractivity contribution in [2.75, 3.05) is 18.8 Å². The lowest BCUT2D eigenvalue weighted by Crippen LogP contribution is -2.30. The predicted octanol–water partition coefficient (Wildman–Crippen LogP) is 3.01. The second-order valence-electron chi connectivity index (χ2n) is 5.12. The van der Waals surface area contributed by atoms with Gasteiger partial charge >= 0.3 is 5.97 Å². The first-order valence-corrected chi connectivity index (χ1v) is 7.98. The molecule has 110 valence electrons. The Morgan fingerprint density at radius 2 is 2.20 bits per heavy atom. The van der Waals surface area contributed by atoms with Gasteiger partial charge in [0, 0.05) is 17.2 Å². The molecule has 2 unspecified atom stereocenters. The molecule has 0 amide bonds. The maximum absolute atomic E-state index is 13.4. The zero-order chi connectivity index (χ0) is 14.4. The number of carboxylic acids is 1. The van der Waals surface area contributed by atoms with Gasteiger partial charge in [0.1, 0.15) is 5.82 Å². The summed E-state index contributed by atoms with van der Waals surface area (Å²) >= 11 is 1.48.